The summed E-state index contributed by atoms with van der Waals surface area (Å²) >= 11 is 1.58. The highest BCUT2D eigenvalue weighted by molar-refractivity contribution is 8.00. The lowest BCUT2D eigenvalue weighted by atomic mass is 9.98. The van der Waals surface area contributed by atoms with Crippen molar-refractivity contribution in [3.05, 3.63) is 89.5 Å². The fourth-order valence-electron chi connectivity index (χ4n) is 4.26. The smallest absolute Gasteiger partial charge is 0.407 e. The van der Waals surface area contributed by atoms with Crippen molar-refractivity contribution in [2.75, 3.05) is 19.5 Å². The molecule has 1 aliphatic carbocycles. The number of carbonyl (C=O) groups excluding carboxylic acids is 2. The first kappa shape index (κ1) is 29.1. The van der Waals surface area contributed by atoms with E-state index in [4.69, 9.17) is 14.2 Å². The lowest BCUT2D eigenvalue weighted by molar-refractivity contribution is -0.146. The number of ether oxygens (including phenoxy) is 3. The number of carbonyl (C=O) groups is 2. The van der Waals surface area contributed by atoms with Gasteiger partial charge < -0.3 is 19.5 Å². The van der Waals surface area contributed by atoms with Gasteiger partial charge in [0.2, 0.25) is 0 Å². The van der Waals surface area contributed by atoms with Gasteiger partial charge in [0.05, 0.1) is 7.11 Å². The van der Waals surface area contributed by atoms with Gasteiger partial charge in [0.25, 0.3) is 0 Å². The molecular weight excluding hydrogens is 498 g/mol. The standard InChI is InChI=1S/C30H33NO5S.CH4/c1-30(2,3)37-19-27(28(32)35-17-20-13-15-21(34-4)16-14-20)31-29(33)36-18-26-24-11-7-5-9-22(24)23-10-6-8-12-25(23)26;/h5-16,26-27H,17-19H2,1-4H3,(H,31,33);1H4/t27-;/m0./s1. The summed E-state index contributed by atoms with van der Waals surface area (Å²) in [6.07, 6.45) is -0.636. The molecule has 3 aromatic rings. The average Bonchev–Trinajstić information content (AvgIpc) is 3.22. The van der Waals surface area contributed by atoms with Crippen molar-refractivity contribution in [2.24, 2.45) is 0 Å². The molecule has 0 saturated heterocycles. The monoisotopic (exact) mass is 535 g/mol. The van der Waals surface area contributed by atoms with Gasteiger partial charge in [-0.25, -0.2) is 9.59 Å². The van der Waals surface area contributed by atoms with Crippen LogP contribution in [0.25, 0.3) is 11.1 Å². The van der Waals surface area contributed by atoms with Crippen molar-refractivity contribution in [1.29, 1.82) is 0 Å². The fraction of sp³-hybridized carbons (Fsp3) is 0.355. The van der Waals surface area contributed by atoms with Crippen LogP contribution >= 0.6 is 11.8 Å². The summed E-state index contributed by atoms with van der Waals surface area (Å²) in [5.74, 6) is 0.546. The number of fused-ring (bicyclic) bond motifs is 3. The molecule has 0 fully saturated rings. The van der Waals surface area contributed by atoms with Crippen LogP contribution in [0, 0.1) is 0 Å². The number of esters is 1. The van der Waals surface area contributed by atoms with Crippen LogP contribution in [0.2, 0.25) is 0 Å². The van der Waals surface area contributed by atoms with Gasteiger partial charge in [-0.05, 0) is 39.9 Å². The van der Waals surface area contributed by atoms with E-state index in [9.17, 15) is 9.59 Å². The first-order chi connectivity index (χ1) is 17.7. The minimum Gasteiger partial charge on any atom is -0.497 e. The van der Waals surface area contributed by atoms with E-state index in [-0.39, 0.29) is 31.3 Å². The second kappa shape index (κ2) is 12.9. The maximum atomic E-state index is 12.9. The molecular formula is C31H37NO5S. The first-order valence-electron chi connectivity index (χ1n) is 12.3. The van der Waals surface area contributed by atoms with Gasteiger partial charge in [0, 0.05) is 16.4 Å². The highest BCUT2D eigenvalue weighted by atomic mass is 32.2. The minimum absolute atomic E-state index is 0. The van der Waals surface area contributed by atoms with E-state index in [2.05, 4.69) is 50.4 Å². The van der Waals surface area contributed by atoms with Crippen LogP contribution in [-0.2, 0) is 20.9 Å². The molecule has 0 radical (unpaired) electrons. The molecule has 0 bridgehead atoms. The first-order valence-corrected chi connectivity index (χ1v) is 13.3. The van der Waals surface area contributed by atoms with Crippen LogP contribution in [0.4, 0.5) is 4.79 Å². The van der Waals surface area contributed by atoms with Gasteiger partial charge in [0.1, 0.15) is 25.0 Å². The number of benzene rings is 3. The van der Waals surface area contributed by atoms with Crippen LogP contribution in [-0.4, -0.2) is 42.3 Å². The molecule has 1 N–H and O–H groups in total. The Morgan fingerprint density at radius 2 is 1.47 bits per heavy atom. The molecule has 1 aliphatic rings. The van der Waals surface area contributed by atoms with E-state index in [0.717, 1.165) is 33.6 Å². The van der Waals surface area contributed by atoms with Crippen molar-refractivity contribution in [2.45, 2.75) is 51.5 Å². The Morgan fingerprint density at radius 1 is 0.895 bits per heavy atom. The molecule has 1 atom stereocenters. The van der Waals surface area contributed by atoms with E-state index in [0.29, 0.717) is 5.75 Å². The zero-order chi connectivity index (χ0) is 26.4. The lowest BCUT2D eigenvalue weighted by Crippen LogP contribution is -2.44. The Bertz CT molecular complexity index is 1190. The number of thioether (sulfide) groups is 1. The van der Waals surface area contributed by atoms with Gasteiger partial charge in [0.15, 0.2) is 0 Å². The second-order valence-corrected chi connectivity index (χ2v) is 11.7. The summed E-state index contributed by atoms with van der Waals surface area (Å²) in [6, 6.07) is 22.8. The largest absolute Gasteiger partial charge is 0.497 e. The molecule has 4 rings (SSSR count). The Morgan fingerprint density at radius 3 is 2.03 bits per heavy atom. The normalized spacial score (nSPS) is 12.9. The van der Waals surface area contributed by atoms with Crippen LogP contribution in [0.3, 0.4) is 0 Å². The molecule has 0 heterocycles. The lowest BCUT2D eigenvalue weighted by Gasteiger charge is -2.23. The zero-order valence-electron chi connectivity index (χ0n) is 21.7. The maximum Gasteiger partial charge on any atom is 0.407 e. The molecule has 202 valence electrons. The molecule has 3 aromatic carbocycles. The highest BCUT2D eigenvalue weighted by Gasteiger charge is 2.30. The predicted molar refractivity (Wildman–Crippen MR) is 154 cm³/mol. The molecule has 38 heavy (non-hydrogen) atoms. The minimum atomic E-state index is -0.835. The highest BCUT2D eigenvalue weighted by Crippen LogP contribution is 2.44. The quantitative estimate of drug-likeness (QED) is 0.303. The topological polar surface area (TPSA) is 73.9 Å². The van der Waals surface area contributed by atoms with Gasteiger partial charge in [-0.3, -0.25) is 0 Å². The molecule has 0 saturated carbocycles. The predicted octanol–water partition coefficient (Wildman–Crippen LogP) is 6.81. The van der Waals surface area contributed by atoms with Gasteiger partial charge >= 0.3 is 12.1 Å². The Kier molecular flexibility index (Phi) is 9.86. The van der Waals surface area contributed by atoms with Crippen molar-refractivity contribution in [3.63, 3.8) is 0 Å². The summed E-state index contributed by atoms with van der Waals surface area (Å²) in [6.45, 7) is 6.46. The molecule has 0 unspecified atom stereocenters. The number of rotatable bonds is 9. The van der Waals surface area contributed by atoms with E-state index in [1.807, 2.05) is 48.5 Å². The molecule has 6 nitrogen and oxygen atoms in total. The number of amides is 1. The molecule has 0 aromatic heterocycles. The van der Waals surface area contributed by atoms with E-state index >= 15 is 0 Å². The van der Waals surface area contributed by atoms with Crippen molar-refractivity contribution >= 4 is 23.8 Å². The van der Waals surface area contributed by atoms with Crippen LogP contribution in [0.15, 0.2) is 72.8 Å². The van der Waals surface area contributed by atoms with E-state index in [1.165, 1.54) is 0 Å². The number of nitrogens with one attached hydrogen (secondary N) is 1. The van der Waals surface area contributed by atoms with E-state index in [1.54, 1.807) is 18.9 Å². The Labute approximate surface area is 230 Å². The Balaban J connectivity index is 0.00000400. The summed E-state index contributed by atoms with van der Waals surface area (Å²) < 4.78 is 16.3. The van der Waals surface area contributed by atoms with Crippen LogP contribution in [0.1, 0.15) is 50.8 Å². The van der Waals surface area contributed by atoms with Gasteiger partial charge in [-0.15, -0.1) is 0 Å². The average molecular weight is 536 g/mol. The third-order valence-electron chi connectivity index (χ3n) is 6.14. The fourth-order valence-corrected chi connectivity index (χ4v) is 5.15. The summed E-state index contributed by atoms with van der Waals surface area (Å²) in [4.78, 5) is 25.8. The van der Waals surface area contributed by atoms with E-state index < -0.39 is 18.1 Å². The maximum absolute atomic E-state index is 12.9. The van der Waals surface area contributed by atoms with Crippen molar-refractivity contribution in [3.8, 4) is 16.9 Å². The zero-order valence-corrected chi connectivity index (χ0v) is 22.5. The summed E-state index contributed by atoms with van der Waals surface area (Å²) in [5, 5.41) is 2.74. The Hall–Kier alpha value is -3.45. The number of hydrogen-bond acceptors (Lipinski definition) is 6. The summed E-state index contributed by atoms with van der Waals surface area (Å²) in [7, 11) is 1.60. The molecule has 0 aliphatic heterocycles. The third-order valence-corrected chi connectivity index (χ3v) is 7.51. The summed E-state index contributed by atoms with van der Waals surface area (Å²) in [5.41, 5.74) is 5.42. The number of alkyl carbamates (subject to hydrolysis) is 1. The molecule has 0 spiro atoms. The van der Waals surface area contributed by atoms with Crippen LogP contribution in [0.5, 0.6) is 5.75 Å². The van der Waals surface area contributed by atoms with Crippen molar-refractivity contribution in [1.82, 2.24) is 5.32 Å². The SMILES string of the molecule is C.COc1ccc(COC(=O)[C@H](CSC(C)(C)C)NC(=O)OCC2c3ccccc3-c3ccccc32)cc1. The van der Waals surface area contributed by atoms with Crippen LogP contribution < -0.4 is 10.1 Å². The number of methoxy groups -OCH3 is 1. The van der Waals surface area contributed by atoms with Crippen molar-refractivity contribution < 1.29 is 23.8 Å². The number of hydrogen-bond donors (Lipinski definition) is 1. The van der Waals surface area contributed by atoms with Gasteiger partial charge in [-0.2, -0.15) is 11.8 Å². The third kappa shape index (κ3) is 7.32. The van der Waals surface area contributed by atoms with Gasteiger partial charge in [-0.1, -0.05) is 88.9 Å². The molecule has 1 amide bonds. The molecule has 7 heteroatoms. The second-order valence-electron chi connectivity index (χ2n) is 9.90.